The highest BCUT2D eigenvalue weighted by atomic mass is 15.2. The van der Waals surface area contributed by atoms with E-state index in [0.717, 1.165) is 45.5 Å². The van der Waals surface area contributed by atoms with Crippen LogP contribution in [0.4, 0.5) is 28.4 Å². The highest BCUT2D eigenvalue weighted by molar-refractivity contribution is 6.11. The topological polar surface area (TPSA) is 16.3 Å². The van der Waals surface area contributed by atoms with Crippen LogP contribution < -0.4 is 9.80 Å². The van der Waals surface area contributed by atoms with Crippen molar-refractivity contribution in [2.24, 2.45) is 0 Å². The van der Waals surface area contributed by atoms with Gasteiger partial charge in [-0.2, -0.15) is 0 Å². The molecule has 9 aromatic carbocycles. The first-order chi connectivity index (χ1) is 32.1. The van der Waals surface area contributed by atoms with Crippen molar-refractivity contribution in [1.82, 2.24) is 9.13 Å². The highest BCUT2D eigenvalue weighted by Gasteiger charge is 2.20. The lowest BCUT2D eigenvalue weighted by Crippen LogP contribution is -2.15. The molecule has 2 heterocycles. The molecule has 4 nitrogen and oxygen atoms in total. The lowest BCUT2D eigenvalue weighted by Gasteiger charge is -2.27. The lowest BCUT2D eigenvalue weighted by molar-refractivity contribution is 0.963. The number of fused-ring (bicyclic) bond motifs is 6. The van der Waals surface area contributed by atoms with Crippen LogP contribution in [0.1, 0.15) is 25.3 Å². The normalized spacial score (nSPS) is 12.4. The van der Waals surface area contributed by atoms with Gasteiger partial charge in [-0.3, -0.25) is 0 Å². The molecule has 0 fully saturated rings. The second-order valence-electron chi connectivity index (χ2n) is 16.6. The molecular weight excluding hydrogens is 789 g/mol. The van der Waals surface area contributed by atoms with Gasteiger partial charge in [-0.05, 0) is 134 Å². The minimum atomic E-state index is 0.161. The first kappa shape index (κ1) is 39.5. The van der Waals surface area contributed by atoms with E-state index in [4.69, 9.17) is 0 Å². The Morgan fingerprint density at radius 2 is 0.815 bits per heavy atom. The summed E-state index contributed by atoms with van der Waals surface area (Å²) in [5.41, 5.74) is 15.0. The number of nitrogens with zero attached hydrogens (tertiary/aromatic N) is 4. The molecular formula is C61H48N4. The Labute approximate surface area is 380 Å². The zero-order valence-electron chi connectivity index (χ0n) is 36.5. The lowest BCUT2D eigenvalue weighted by atomic mass is 9.99. The van der Waals surface area contributed by atoms with Crippen LogP contribution in [0.2, 0.25) is 0 Å². The Morgan fingerprint density at radius 1 is 0.400 bits per heavy atom. The SMILES string of the molecule is C/C=C(\C=C/C(C)c1ccc(N(c2ccccc2)c2ccc3c(c2)c2ccccc2n3-c2ccccc2)cc1)N(c1ccccc1)c1ccc2c(c1)c1ccccc1n2-c1ccccc1. The van der Waals surface area contributed by atoms with Crippen LogP contribution in [-0.4, -0.2) is 9.13 Å². The van der Waals surface area contributed by atoms with Crippen molar-refractivity contribution >= 4 is 72.0 Å². The fraction of sp³-hybridized carbons (Fsp3) is 0.0492. The third kappa shape index (κ3) is 7.25. The summed E-state index contributed by atoms with van der Waals surface area (Å²) in [5, 5.41) is 4.92. The average molecular weight is 837 g/mol. The Balaban J connectivity index is 0.925. The number of allylic oxidation sites excluding steroid dienone is 3. The van der Waals surface area contributed by atoms with E-state index in [9.17, 15) is 0 Å². The monoisotopic (exact) mass is 836 g/mol. The molecule has 312 valence electrons. The fourth-order valence-corrected chi connectivity index (χ4v) is 9.54. The van der Waals surface area contributed by atoms with Crippen molar-refractivity contribution in [1.29, 1.82) is 0 Å². The number of hydrogen-bond acceptors (Lipinski definition) is 2. The van der Waals surface area contributed by atoms with Gasteiger partial charge in [-0.1, -0.05) is 140 Å². The van der Waals surface area contributed by atoms with Gasteiger partial charge in [-0.25, -0.2) is 0 Å². The molecule has 2 aromatic heterocycles. The summed E-state index contributed by atoms with van der Waals surface area (Å²) in [6, 6.07) is 82.9. The molecule has 0 aliphatic heterocycles. The van der Waals surface area contributed by atoms with Crippen LogP contribution in [0.5, 0.6) is 0 Å². The zero-order valence-corrected chi connectivity index (χ0v) is 36.5. The largest absolute Gasteiger partial charge is 0.311 e. The van der Waals surface area contributed by atoms with Crippen LogP contribution in [-0.2, 0) is 0 Å². The molecule has 0 amide bonds. The van der Waals surface area contributed by atoms with E-state index in [-0.39, 0.29) is 5.92 Å². The molecule has 11 aromatic rings. The summed E-state index contributed by atoms with van der Waals surface area (Å²) in [4.78, 5) is 4.73. The quantitative estimate of drug-likeness (QED) is 0.121. The Hall–Kier alpha value is -8.34. The molecule has 1 atom stereocenters. The van der Waals surface area contributed by atoms with Gasteiger partial charge in [0.1, 0.15) is 0 Å². The molecule has 0 bridgehead atoms. The molecule has 0 saturated heterocycles. The number of benzene rings is 9. The van der Waals surface area contributed by atoms with Crippen LogP contribution in [0.3, 0.4) is 0 Å². The standard InChI is InChI=1S/C61H48N4/c1-3-46(62(47-20-8-4-9-21-47)52-38-40-60-56(42-52)54-28-16-18-30-58(54)64(60)49-24-12-6-13-25-49)35-32-44(2)45-33-36-51(37-34-45)63(48-22-10-5-11-23-48)53-39-41-61-57(43-53)55-29-17-19-31-59(55)65(61)50-26-14-7-15-27-50/h3-44H,1-2H3/b35-32-,46-3+. The molecule has 4 heteroatoms. The van der Waals surface area contributed by atoms with E-state index in [1.165, 1.54) is 49.2 Å². The molecule has 1 unspecified atom stereocenters. The Bertz CT molecular complexity index is 3490. The molecule has 0 spiro atoms. The van der Waals surface area contributed by atoms with E-state index in [1.54, 1.807) is 0 Å². The fourth-order valence-electron chi connectivity index (χ4n) is 9.54. The molecule has 65 heavy (non-hydrogen) atoms. The van der Waals surface area contributed by atoms with E-state index < -0.39 is 0 Å². The van der Waals surface area contributed by atoms with Crippen LogP contribution >= 0.6 is 0 Å². The van der Waals surface area contributed by atoms with Crippen molar-refractivity contribution in [2.75, 3.05) is 9.80 Å². The zero-order chi connectivity index (χ0) is 43.7. The van der Waals surface area contributed by atoms with Gasteiger partial charge in [0.25, 0.3) is 0 Å². The maximum atomic E-state index is 2.37. The third-order valence-corrected chi connectivity index (χ3v) is 12.7. The number of aromatic nitrogens is 2. The Morgan fingerprint density at radius 3 is 1.35 bits per heavy atom. The van der Waals surface area contributed by atoms with Gasteiger partial charge in [0, 0.05) is 67.1 Å². The summed E-state index contributed by atoms with van der Waals surface area (Å²) in [6.45, 7) is 4.41. The Kier molecular flexibility index (Phi) is 10.4. The highest BCUT2D eigenvalue weighted by Crippen LogP contribution is 2.41. The van der Waals surface area contributed by atoms with Crippen LogP contribution in [0.15, 0.2) is 254 Å². The summed E-state index contributed by atoms with van der Waals surface area (Å²) < 4.78 is 4.74. The predicted octanol–water partition coefficient (Wildman–Crippen LogP) is 16.8. The average Bonchev–Trinajstić information content (AvgIpc) is 3.89. The van der Waals surface area contributed by atoms with Gasteiger partial charge >= 0.3 is 0 Å². The minimum Gasteiger partial charge on any atom is -0.311 e. The van der Waals surface area contributed by atoms with E-state index in [1.807, 2.05) is 0 Å². The van der Waals surface area contributed by atoms with Gasteiger partial charge < -0.3 is 18.9 Å². The molecule has 0 aliphatic carbocycles. The summed E-state index contributed by atoms with van der Waals surface area (Å²) in [6.07, 6.45) is 6.81. The van der Waals surface area contributed by atoms with Gasteiger partial charge in [0.05, 0.1) is 22.1 Å². The number of hydrogen-bond donors (Lipinski definition) is 0. The van der Waals surface area contributed by atoms with E-state index >= 15 is 0 Å². The number of anilines is 5. The summed E-state index contributed by atoms with van der Waals surface area (Å²) in [7, 11) is 0. The first-order valence-corrected chi connectivity index (χ1v) is 22.5. The van der Waals surface area contributed by atoms with E-state index in [0.29, 0.717) is 0 Å². The summed E-state index contributed by atoms with van der Waals surface area (Å²) in [5.74, 6) is 0.161. The maximum Gasteiger partial charge on any atom is 0.0542 e. The van der Waals surface area contributed by atoms with Crippen molar-refractivity contribution in [3.05, 3.63) is 260 Å². The molecule has 0 N–H and O–H groups in total. The molecule has 0 radical (unpaired) electrons. The van der Waals surface area contributed by atoms with Gasteiger partial charge in [0.15, 0.2) is 0 Å². The maximum absolute atomic E-state index is 2.37. The van der Waals surface area contributed by atoms with Crippen LogP contribution in [0.25, 0.3) is 55.0 Å². The van der Waals surface area contributed by atoms with Crippen molar-refractivity contribution in [3.8, 4) is 11.4 Å². The molecule has 0 saturated carbocycles. The minimum absolute atomic E-state index is 0.161. The smallest absolute Gasteiger partial charge is 0.0542 e. The van der Waals surface area contributed by atoms with E-state index in [2.05, 4.69) is 282 Å². The van der Waals surface area contributed by atoms with Crippen molar-refractivity contribution in [2.45, 2.75) is 19.8 Å². The van der Waals surface area contributed by atoms with Crippen molar-refractivity contribution in [3.63, 3.8) is 0 Å². The molecule has 0 aliphatic rings. The first-order valence-electron chi connectivity index (χ1n) is 22.5. The van der Waals surface area contributed by atoms with Crippen LogP contribution in [0, 0.1) is 0 Å². The van der Waals surface area contributed by atoms with Gasteiger partial charge in [-0.15, -0.1) is 0 Å². The van der Waals surface area contributed by atoms with Gasteiger partial charge in [0.2, 0.25) is 0 Å². The molecule has 11 rings (SSSR count). The summed E-state index contributed by atoms with van der Waals surface area (Å²) >= 11 is 0. The van der Waals surface area contributed by atoms with Crippen molar-refractivity contribution < 1.29 is 0 Å². The third-order valence-electron chi connectivity index (χ3n) is 12.7. The number of para-hydroxylation sites is 6. The predicted molar refractivity (Wildman–Crippen MR) is 276 cm³/mol. The number of rotatable bonds is 11. The second-order valence-corrected chi connectivity index (χ2v) is 16.6. The second kappa shape index (κ2) is 17.1.